The van der Waals surface area contributed by atoms with Crippen LogP contribution in [0.4, 0.5) is 10.1 Å². The van der Waals surface area contributed by atoms with E-state index in [1.54, 1.807) is 0 Å². The first-order valence-corrected chi connectivity index (χ1v) is 6.09. The molecule has 2 aromatic rings. The molecule has 0 saturated carbocycles. The van der Waals surface area contributed by atoms with Gasteiger partial charge in [0.2, 0.25) is 0 Å². The highest BCUT2D eigenvalue weighted by Gasteiger charge is 2.17. The Labute approximate surface area is 123 Å². The molecule has 0 aliphatic rings. The average molecular weight is 316 g/mol. The van der Waals surface area contributed by atoms with E-state index in [0.29, 0.717) is 0 Å². The summed E-state index contributed by atoms with van der Waals surface area (Å²) in [7, 11) is 1.39. The Kier molecular flexibility index (Phi) is 4.36. The molecule has 0 aliphatic heterocycles. The van der Waals surface area contributed by atoms with Crippen molar-refractivity contribution in [3.8, 4) is 5.75 Å². The highest BCUT2D eigenvalue weighted by molar-refractivity contribution is 6.38. The van der Waals surface area contributed by atoms with Crippen LogP contribution in [0.5, 0.6) is 5.75 Å². The Morgan fingerprint density at radius 1 is 1.25 bits per heavy atom. The van der Waals surface area contributed by atoms with Crippen molar-refractivity contribution >= 4 is 34.8 Å². The second kappa shape index (κ2) is 6.02. The number of anilines is 1. The fourth-order valence-electron chi connectivity index (χ4n) is 1.48. The fraction of sp³-hybridized carbons (Fsp3) is 0.0833. The van der Waals surface area contributed by atoms with Crippen molar-refractivity contribution in [3.05, 3.63) is 46.2 Å². The topological polar surface area (TPSA) is 64.1 Å². The predicted molar refractivity (Wildman–Crippen MR) is 73.0 cm³/mol. The molecule has 0 spiro atoms. The first-order chi connectivity index (χ1) is 9.51. The van der Waals surface area contributed by atoms with Crippen LogP contribution in [0.2, 0.25) is 10.3 Å². The van der Waals surface area contributed by atoms with Gasteiger partial charge in [-0.05, 0) is 6.07 Å². The van der Waals surface area contributed by atoms with Gasteiger partial charge in [0.05, 0.1) is 7.11 Å². The number of carbonyl (C=O) groups is 1. The van der Waals surface area contributed by atoms with Crippen molar-refractivity contribution in [1.82, 2.24) is 9.97 Å². The molecule has 1 aromatic carbocycles. The number of nitrogens with zero attached hydrogens (tertiary/aromatic N) is 2. The molecule has 0 aliphatic carbocycles. The van der Waals surface area contributed by atoms with Gasteiger partial charge in [0.1, 0.15) is 33.8 Å². The molecule has 0 radical (unpaired) electrons. The summed E-state index contributed by atoms with van der Waals surface area (Å²) in [5, 5.41) is 2.26. The lowest BCUT2D eigenvalue weighted by molar-refractivity contribution is 0.102. The zero-order valence-electron chi connectivity index (χ0n) is 10.2. The van der Waals surface area contributed by atoms with Crippen LogP contribution in [0.25, 0.3) is 0 Å². The van der Waals surface area contributed by atoms with Gasteiger partial charge < -0.3 is 10.1 Å². The van der Waals surface area contributed by atoms with Crippen LogP contribution in [-0.4, -0.2) is 23.0 Å². The number of halogens is 3. The number of benzene rings is 1. The van der Waals surface area contributed by atoms with Gasteiger partial charge in [0.15, 0.2) is 0 Å². The maximum Gasteiger partial charge on any atom is 0.261 e. The molecule has 0 unspecified atom stereocenters. The van der Waals surface area contributed by atoms with Crippen molar-refractivity contribution < 1.29 is 13.9 Å². The van der Waals surface area contributed by atoms with Crippen molar-refractivity contribution in [2.45, 2.75) is 0 Å². The van der Waals surface area contributed by atoms with Crippen LogP contribution in [0.15, 0.2) is 24.5 Å². The summed E-state index contributed by atoms with van der Waals surface area (Å²) in [5.41, 5.74) is 0.113. The van der Waals surface area contributed by atoms with E-state index in [4.69, 9.17) is 27.9 Å². The second-order valence-electron chi connectivity index (χ2n) is 3.66. The van der Waals surface area contributed by atoms with Crippen LogP contribution in [0.3, 0.4) is 0 Å². The van der Waals surface area contributed by atoms with E-state index in [0.717, 1.165) is 12.4 Å². The van der Waals surface area contributed by atoms with Crippen molar-refractivity contribution in [2.24, 2.45) is 0 Å². The zero-order valence-corrected chi connectivity index (χ0v) is 11.7. The number of aromatic nitrogens is 2. The Morgan fingerprint density at radius 3 is 2.50 bits per heavy atom. The number of rotatable bonds is 3. The summed E-state index contributed by atoms with van der Waals surface area (Å²) in [4.78, 5) is 19.4. The molecule has 0 atom stereocenters. The van der Waals surface area contributed by atoms with Gasteiger partial charge >= 0.3 is 0 Å². The first-order valence-electron chi connectivity index (χ1n) is 5.33. The molecule has 5 nitrogen and oxygen atoms in total. The van der Waals surface area contributed by atoms with Gasteiger partial charge in [-0.15, -0.1) is 0 Å². The number of ether oxygens (including phenoxy) is 1. The molecule has 0 saturated heterocycles. The normalized spacial score (nSPS) is 10.2. The molecule has 104 valence electrons. The van der Waals surface area contributed by atoms with Crippen molar-refractivity contribution in [3.63, 3.8) is 0 Å². The average Bonchev–Trinajstić information content (AvgIpc) is 2.37. The van der Waals surface area contributed by atoms with Crippen molar-refractivity contribution in [2.75, 3.05) is 12.4 Å². The lowest BCUT2D eigenvalue weighted by atomic mass is 10.2. The van der Waals surface area contributed by atoms with Crippen LogP contribution in [0, 0.1) is 5.82 Å². The largest absolute Gasteiger partial charge is 0.497 e. The van der Waals surface area contributed by atoms with Gasteiger partial charge in [-0.3, -0.25) is 4.79 Å². The van der Waals surface area contributed by atoms with Crippen LogP contribution >= 0.6 is 23.2 Å². The number of hydrogen-bond donors (Lipinski definition) is 1. The lowest BCUT2D eigenvalue weighted by Gasteiger charge is -2.09. The number of hydrogen-bond acceptors (Lipinski definition) is 4. The van der Waals surface area contributed by atoms with E-state index in [2.05, 4.69) is 15.3 Å². The summed E-state index contributed by atoms with van der Waals surface area (Å²) in [6.45, 7) is 0. The molecular weight excluding hydrogens is 308 g/mol. The van der Waals surface area contributed by atoms with Crippen LogP contribution < -0.4 is 10.1 Å². The van der Waals surface area contributed by atoms with E-state index in [1.807, 2.05) is 0 Å². The SMILES string of the molecule is COc1cc(F)cc(NC(=O)c2c(Cl)ncnc2Cl)c1. The molecule has 20 heavy (non-hydrogen) atoms. The smallest absolute Gasteiger partial charge is 0.261 e. The van der Waals surface area contributed by atoms with Gasteiger partial charge in [-0.2, -0.15) is 0 Å². The molecule has 8 heteroatoms. The number of carbonyl (C=O) groups excluding carboxylic acids is 1. The summed E-state index contributed by atoms with van der Waals surface area (Å²) >= 11 is 11.6. The van der Waals surface area contributed by atoms with E-state index in [9.17, 15) is 9.18 Å². The Hall–Kier alpha value is -1.92. The molecule has 2 rings (SSSR count). The Morgan fingerprint density at radius 2 is 1.90 bits per heavy atom. The first kappa shape index (κ1) is 14.5. The van der Waals surface area contributed by atoms with E-state index in [-0.39, 0.29) is 27.3 Å². The molecule has 0 fully saturated rings. The lowest BCUT2D eigenvalue weighted by Crippen LogP contribution is -2.14. The minimum absolute atomic E-state index is 0.0842. The number of methoxy groups -OCH3 is 1. The van der Waals surface area contributed by atoms with Gasteiger partial charge in [0, 0.05) is 17.8 Å². The Balaban J connectivity index is 2.30. The monoisotopic (exact) mass is 315 g/mol. The summed E-state index contributed by atoms with van der Waals surface area (Å²) < 4.78 is 18.2. The maximum absolute atomic E-state index is 13.3. The summed E-state index contributed by atoms with van der Waals surface area (Å²) in [5.74, 6) is -0.934. The molecule has 1 aromatic heterocycles. The second-order valence-corrected chi connectivity index (χ2v) is 4.38. The van der Waals surface area contributed by atoms with E-state index < -0.39 is 11.7 Å². The molecule has 1 amide bonds. The maximum atomic E-state index is 13.3. The Bertz CT molecular complexity index is 647. The van der Waals surface area contributed by atoms with E-state index in [1.165, 1.54) is 19.2 Å². The molecule has 0 bridgehead atoms. The third-order valence-corrected chi connectivity index (χ3v) is 2.92. The highest BCUT2D eigenvalue weighted by atomic mass is 35.5. The fourth-order valence-corrected chi connectivity index (χ4v) is 1.96. The quantitative estimate of drug-likeness (QED) is 0.883. The highest BCUT2D eigenvalue weighted by Crippen LogP contribution is 2.23. The molecular formula is C12H8Cl2FN3O2. The molecule has 1 heterocycles. The van der Waals surface area contributed by atoms with Gasteiger partial charge in [-0.1, -0.05) is 23.2 Å². The number of nitrogens with one attached hydrogen (secondary N) is 1. The van der Waals surface area contributed by atoms with Gasteiger partial charge in [0.25, 0.3) is 5.91 Å². The predicted octanol–water partition coefficient (Wildman–Crippen LogP) is 3.18. The van der Waals surface area contributed by atoms with Crippen LogP contribution in [-0.2, 0) is 0 Å². The van der Waals surface area contributed by atoms with Crippen molar-refractivity contribution in [1.29, 1.82) is 0 Å². The number of amides is 1. The standard InChI is InChI=1S/C12H8Cl2FN3O2/c1-20-8-3-6(15)2-7(4-8)18-12(19)9-10(13)16-5-17-11(9)14/h2-5H,1H3,(H,18,19). The summed E-state index contributed by atoms with van der Waals surface area (Å²) in [6.07, 6.45) is 1.13. The van der Waals surface area contributed by atoms with E-state index >= 15 is 0 Å². The third-order valence-electron chi connectivity index (χ3n) is 2.35. The third kappa shape index (κ3) is 3.15. The zero-order chi connectivity index (χ0) is 14.7. The summed E-state index contributed by atoms with van der Waals surface area (Å²) in [6, 6.07) is 3.76. The van der Waals surface area contributed by atoms with Crippen LogP contribution in [0.1, 0.15) is 10.4 Å². The van der Waals surface area contributed by atoms with Gasteiger partial charge in [-0.25, -0.2) is 14.4 Å². The minimum atomic E-state index is -0.645. The minimum Gasteiger partial charge on any atom is -0.497 e. The molecule has 1 N–H and O–H groups in total.